The van der Waals surface area contributed by atoms with E-state index < -0.39 is 44.4 Å². The molecule has 0 spiro atoms. The Balaban J connectivity index is 2.28. The zero-order valence-electron chi connectivity index (χ0n) is 12.0. The molecule has 0 aliphatic heterocycles. The zero-order chi connectivity index (χ0) is 17.3. The van der Waals surface area contributed by atoms with Gasteiger partial charge in [-0.15, -0.1) is 0 Å². The molecule has 126 valence electrons. The Morgan fingerprint density at radius 3 is 2.35 bits per heavy atom. The summed E-state index contributed by atoms with van der Waals surface area (Å²) >= 11 is 0. The van der Waals surface area contributed by atoms with Gasteiger partial charge in [-0.25, -0.2) is 13.1 Å². The van der Waals surface area contributed by atoms with Gasteiger partial charge in [0, 0.05) is 6.04 Å². The summed E-state index contributed by atoms with van der Waals surface area (Å²) < 4.78 is 65.6. The van der Waals surface area contributed by atoms with Crippen LogP contribution in [0.1, 0.15) is 36.8 Å². The lowest BCUT2D eigenvalue weighted by atomic mass is 9.94. The van der Waals surface area contributed by atoms with E-state index in [1.54, 1.807) is 0 Å². The standard InChI is InChI=1S/C14H15F3N2O3S/c15-14(16,17)13-7-12(6-1-9(13)8-18)23(21,22)19-10-2-4-11(20)5-3-10/h1,6-7,10-11,19-20H,2-5H2. The van der Waals surface area contributed by atoms with Crippen molar-refractivity contribution in [1.29, 1.82) is 5.26 Å². The number of hydrogen-bond acceptors (Lipinski definition) is 4. The summed E-state index contributed by atoms with van der Waals surface area (Å²) in [6.07, 6.45) is -3.57. The average molecular weight is 348 g/mol. The van der Waals surface area contributed by atoms with Crippen molar-refractivity contribution < 1.29 is 26.7 Å². The summed E-state index contributed by atoms with van der Waals surface area (Å²) in [6.45, 7) is 0. The highest BCUT2D eigenvalue weighted by Crippen LogP contribution is 2.33. The predicted molar refractivity (Wildman–Crippen MR) is 74.7 cm³/mol. The number of aliphatic hydroxyl groups is 1. The van der Waals surface area contributed by atoms with Crippen molar-refractivity contribution in [3.63, 3.8) is 0 Å². The number of nitrogens with one attached hydrogen (secondary N) is 1. The van der Waals surface area contributed by atoms with Crippen LogP contribution in [0.4, 0.5) is 13.2 Å². The van der Waals surface area contributed by atoms with Gasteiger partial charge < -0.3 is 5.11 Å². The second-order valence-corrected chi connectivity index (χ2v) is 7.16. The largest absolute Gasteiger partial charge is 0.417 e. The van der Waals surface area contributed by atoms with Gasteiger partial charge in [-0.2, -0.15) is 18.4 Å². The number of rotatable bonds is 3. The number of aliphatic hydroxyl groups excluding tert-OH is 1. The molecule has 2 rings (SSSR count). The monoisotopic (exact) mass is 348 g/mol. The maximum Gasteiger partial charge on any atom is 0.417 e. The topological polar surface area (TPSA) is 90.2 Å². The molecule has 2 N–H and O–H groups in total. The minimum Gasteiger partial charge on any atom is -0.393 e. The molecule has 0 atom stereocenters. The molecular weight excluding hydrogens is 333 g/mol. The van der Waals surface area contributed by atoms with Gasteiger partial charge in [0.15, 0.2) is 0 Å². The molecule has 0 heterocycles. The van der Waals surface area contributed by atoms with Gasteiger partial charge in [0.05, 0.1) is 28.2 Å². The Labute approximate surface area is 131 Å². The van der Waals surface area contributed by atoms with Crippen LogP contribution in [0.2, 0.25) is 0 Å². The van der Waals surface area contributed by atoms with Crippen LogP contribution in [-0.4, -0.2) is 25.7 Å². The fraction of sp³-hybridized carbons (Fsp3) is 0.500. The average Bonchev–Trinajstić information content (AvgIpc) is 2.48. The van der Waals surface area contributed by atoms with E-state index >= 15 is 0 Å². The normalized spacial score (nSPS) is 22.6. The van der Waals surface area contributed by atoms with Gasteiger partial charge >= 0.3 is 6.18 Å². The Bertz CT molecular complexity index is 718. The minimum absolute atomic E-state index is 0.419. The van der Waals surface area contributed by atoms with Crippen LogP contribution in [0.3, 0.4) is 0 Å². The van der Waals surface area contributed by atoms with E-state index in [4.69, 9.17) is 5.26 Å². The van der Waals surface area contributed by atoms with E-state index in [9.17, 15) is 26.7 Å². The van der Waals surface area contributed by atoms with Crippen molar-refractivity contribution in [3.05, 3.63) is 29.3 Å². The number of nitriles is 1. The van der Waals surface area contributed by atoms with Crippen LogP contribution in [0.15, 0.2) is 23.1 Å². The molecule has 0 unspecified atom stereocenters. The van der Waals surface area contributed by atoms with E-state index in [1.807, 2.05) is 0 Å². The lowest BCUT2D eigenvalue weighted by molar-refractivity contribution is -0.137. The van der Waals surface area contributed by atoms with Crippen molar-refractivity contribution >= 4 is 10.0 Å². The second-order valence-electron chi connectivity index (χ2n) is 5.44. The highest BCUT2D eigenvalue weighted by Gasteiger charge is 2.35. The highest BCUT2D eigenvalue weighted by atomic mass is 32.2. The van der Waals surface area contributed by atoms with Crippen LogP contribution in [0.5, 0.6) is 0 Å². The van der Waals surface area contributed by atoms with E-state index in [0.717, 1.165) is 12.1 Å². The van der Waals surface area contributed by atoms with Crippen LogP contribution in [0, 0.1) is 11.3 Å². The van der Waals surface area contributed by atoms with Gasteiger partial charge in [0.25, 0.3) is 0 Å². The molecule has 23 heavy (non-hydrogen) atoms. The van der Waals surface area contributed by atoms with E-state index in [1.165, 1.54) is 6.07 Å². The molecule has 1 aliphatic rings. The van der Waals surface area contributed by atoms with Gasteiger partial charge in [-0.05, 0) is 43.9 Å². The maximum atomic E-state index is 12.9. The van der Waals surface area contributed by atoms with Gasteiger partial charge in [-0.1, -0.05) is 0 Å². The predicted octanol–water partition coefficient (Wildman–Crippen LogP) is 2.16. The summed E-state index contributed by atoms with van der Waals surface area (Å²) in [4.78, 5) is -0.532. The number of nitrogens with zero attached hydrogens (tertiary/aromatic N) is 1. The Hall–Kier alpha value is -1.63. The lowest BCUT2D eigenvalue weighted by Crippen LogP contribution is -2.38. The molecule has 5 nitrogen and oxygen atoms in total. The van der Waals surface area contributed by atoms with Crippen LogP contribution in [0.25, 0.3) is 0 Å². The summed E-state index contributed by atoms with van der Waals surface area (Å²) in [7, 11) is -4.13. The summed E-state index contributed by atoms with van der Waals surface area (Å²) in [5.41, 5.74) is -1.90. The molecule has 0 aromatic heterocycles. The highest BCUT2D eigenvalue weighted by molar-refractivity contribution is 7.89. The van der Waals surface area contributed by atoms with Crippen molar-refractivity contribution in [2.75, 3.05) is 0 Å². The zero-order valence-corrected chi connectivity index (χ0v) is 12.8. The smallest absolute Gasteiger partial charge is 0.393 e. The Kier molecular flexibility index (Phi) is 4.98. The second kappa shape index (κ2) is 6.47. The van der Waals surface area contributed by atoms with Gasteiger partial charge in [-0.3, -0.25) is 0 Å². The molecule has 1 fully saturated rings. The summed E-state index contributed by atoms with van der Waals surface area (Å²) in [5, 5.41) is 18.1. The first kappa shape index (κ1) is 17.7. The molecule has 1 aromatic carbocycles. The van der Waals surface area contributed by atoms with Crippen molar-refractivity contribution in [3.8, 4) is 6.07 Å². The molecular formula is C14H15F3N2O3S. The summed E-state index contributed by atoms with van der Waals surface area (Å²) in [6, 6.07) is 3.28. The molecule has 0 bridgehead atoms. The fourth-order valence-corrected chi connectivity index (χ4v) is 3.83. The van der Waals surface area contributed by atoms with E-state index in [0.29, 0.717) is 31.7 Å². The van der Waals surface area contributed by atoms with Gasteiger partial charge in [0.2, 0.25) is 10.0 Å². The third kappa shape index (κ3) is 4.22. The molecule has 1 saturated carbocycles. The minimum atomic E-state index is -4.81. The fourth-order valence-electron chi connectivity index (χ4n) is 2.50. The molecule has 0 radical (unpaired) electrons. The van der Waals surface area contributed by atoms with Crippen molar-refractivity contribution in [2.45, 2.75) is 48.9 Å². The number of alkyl halides is 3. The van der Waals surface area contributed by atoms with Gasteiger partial charge in [0.1, 0.15) is 0 Å². The molecule has 1 aromatic rings. The van der Waals surface area contributed by atoms with Crippen molar-refractivity contribution in [2.24, 2.45) is 0 Å². The maximum absolute atomic E-state index is 12.9. The Morgan fingerprint density at radius 2 is 1.83 bits per heavy atom. The first-order chi connectivity index (χ1) is 10.6. The molecule has 0 saturated heterocycles. The van der Waals surface area contributed by atoms with Crippen molar-refractivity contribution in [1.82, 2.24) is 4.72 Å². The Morgan fingerprint density at radius 1 is 1.22 bits per heavy atom. The number of halogens is 3. The number of hydrogen-bond donors (Lipinski definition) is 2. The van der Waals surface area contributed by atoms with E-state index in [-0.39, 0.29) is 0 Å². The molecule has 9 heteroatoms. The SMILES string of the molecule is N#Cc1ccc(S(=O)(=O)NC2CCC(O)CC2)cc1C(F)(F)F. The first-order valence-corrected chi connectivity index (χ1v) is 8.43. The van der Waals surface area contributed by atoms with Crippen LogP contribution < -0.4 is 4.72 Å². The number of sulfonamides is 1. The molecule has 0 amide bonds. The van der Waals surface area contributed by atoms with Crippen LogP contribution in [-0.2, 0) is 16.2 Å². The quantitative estimate of drug-likeness (QED) is 0.876. The summed E-state index contributed by atoms with van der Waals surface area (Å²) in [5.74, 6) is 0. The first-order valence-electron chi connectivity index (χ1n) is 6.95. The lowest BCUT2D eigenvalue weighted by Gasteiger charge is -2.26. The third-order valence-corrected chi connectivity index (χ3v) is 5.26. The third-order valence-electron chi connectivity index (χ3n) is 3.75. The van der Waals surface area contributed by atoms with E-state index in [2.05, 4.69) is 4.72 Å². The van der Waals surface area contributed by atoms with Crippen LogP contribution >= 0.6 is 0 Å². The number of benzene rings is 1. The molecule has 1 aliphatic carbocycles.